The van der Waals surface area contributed by atoms with Gasteiger partial charge in [0.2, 0.25) is 15.9 Å². The standard InChI is InChI=1S/C17H28N4O4S/c1-2-3-8-19-15-5-4-14(13-16(15)20-17(22)6-7-18)26(23,24)21-9-11-25-12-10-21/h4-5,13,19H,2-3,6-12,18H2,1H3,(H,20,22). The normalized spacial score (nSPS) is 15.6. The number of sulfonamides is 1. The van der Waals surface area contributed by atoms with Gasteiger partial charge in [0.1, 0.15) is 0 Å². The van der Waals surface area contributed by atoms with Crippen molar-refractivity contribution in [2.24, 2.45) is 5.73 Å². The molecule has 8 nitrogen and oxygen atoms in total. The van der Waals surface area contributed by atoms with Crippen LogP contribution in [0.1, 0.15) is 26.2 Å². The summed E-state index contributed by atoms with van der Waals surface area (Å²) in [6.45, 7) is 4.49. The smallest absolute Gasteiger partial charge is 0.243 e. The number of nitrogens with zero attached hydrogens (tertiary/aromatic N) is 1. The van der Waals surface area contributed by atoms with E-state index in [-0.39, 0.29) is 23.8 Å². The van der Waals surface area contributed by atoms with Crippen LogP contribution >= 0.6 is 0 Å². The van der Waals surface area contributed by atoms with E-state index >= 15 is 0 Å². The Kier molecular flexibility index (Phi) is 7.83. The van der Waals surface area contributed by atoms with E-state index in [0.717, 1.165) is 19.4 Å². The number of hydrogen-bond donors (Lipinski definition) is 3. The average molecular weight is 385 g/mol. The van der Waals surface area contributed by atoms with Crippen LogP contribution in [-0.4, -0.2) is 58.0 Å². The number of unbranched alkanes of at least 4 members (excludes halogenated alkanes) is 1. The van der Waals surface area contributed by atoms with Crippen LogP contribution in [0.4, 0.5) is 11.4 Å². The largest absolute Gasteiger partial charge is 0.383 e. The number of rotatable bonds is 9. The minimum Gasteiger partial charge on any atom is -0.383 e. The Bertz CT molecular complexity index is 703. The summed E-state index contributed by atoms with van der Waals surface area (Å²) in [5.41, 5.74) is 6.58. The van der Waals surface area contributed by atoms with Crippen molar-refractivity contribution in [2.45, 2.75) is 31.1 Å². The van der Waals surface area contributed by atoms with Crippen LogP contribution in [0.15, 0.2) is 23.1 Å². The van der Waals surface area contributed by atoms with Gasteiger partial charge in [-0.15, -0.1) is 0 Å². The summed E-state index contributed by atoms with van der Waals surface area (Å²) < 4.78 is 32.3. The molecule has 26 heavy (non-hydrogen) atoms. The Morgan fingerprint density at radius 1 is 1.27 bits per heavy atom. The zero-order chi connectivity index (χ0) is 19.0. The van der Waals surface area contributed by atoms with Crippen molar-refractivity contribution in [1.82, 2.24) is 4.31 Å². The minimum atomic E-state index is -3.62. The van der Waals surface area contributed by atoms with E-state index in [1.165, 1.54) is 10.4 Å². The summed E-state index contributed by atoms with van der Waals surface area (Å²) in [5.74, 6) is -0.244. The van der Waals surface area contributed by atoms with Crippen LogP contribution in [0.25, 0.3) is 0 Å². The van der Waals surface area contributed by atoms with Crippen molar-refractivity contribution >= 4 is 27.3 Å². The summed E-state index contributed by atoms with van der Waals surface area (Å²) in [7, 11) is -3.62. The number of anilines is 2. The molecule has 0 radical (unpaired) electrons. The molecule has 1 aliphatic heterocycles. The molecule has 1 aromatic carbocycles. The van der Waals surface area contributed by atoms with E-state index in [2.05, 4.69) is 17.6 Å². The monoisotopic (exact) mass is 384 g/mol. The molecule has 1 heterocycles. The van der Waals surface area contributed by atoms with Gasteiger partial charge in [0.25, 0.3) is 0 Å². The lowest BCUT2D eigenvalue weighted by Crippen LogP contribution is -2.40. The first-order valence-electron chi connectivity index (χ1n) is 8.94. The molecule has 0 saturated carbocycles. The number of benzene rings is 1. The van der Waals surface area contributed by atoms with E-state index in [1.54, 1.807) is 12.1 Å². The fourth-order valence-electron chi connectivity index (χ4n) is 2.62. The third-order valence-corrected chi connectivity index (χ3v) is 5.98. The number of nitrogens with one attached hydrogen (secondary N) is 2. The maximum absolute atomic E-state index is 12.8. The van der Waals surface area contributed by atoms with Gasteiger partial charge < -0.3 is 21.1 Å². The van der Waals surface area contributed by atoms with Gasteiger partial charge in [-0.2, -0.15) is 4.31 Å². The molecule has 1 fully saturated rings. The highest BCUT2D eigenvalue weighted by atomic mass is 32.2. The molecule has 2 rings (SSSR count). The fraction of sp³-hybridized carbons (Fsp3) is 0.588. The summed E-state index contributed by atoms with van der Waals surface area (Å²) in [6, 6.07) is 4.77. The van der Waals surface area contributed by atoms with Crippen molar-refractivity contribution in [3.8, 4) is 0 Å². The van der Waals surface area contributed by atoms with Gasteiger partial charge in [-0.25, -0.2) is 8.42 Å². The average Bonchev–Trinajstić information content (AvgIpc) is 2.64. The molecule has 0 aliphatic carbocycles. The van der Waals surface area contributed by atoms with Gasteiger partial charge in [0, 0.05) is 32.6 Å². The van der Waals surface area contributed by atoms with Gasteiger partial charge in [-0.3, -0.25) is 4.79 Å². The van der Waals surface area contributed by atoms with E-state index in [1.807, 2.05) is 0 Å². The van der Waals surface area contributed by atoms with E-state index in [0.29, 0.717) is 37.7 Å². The molecule has 1 aliphatic rings. The molecule has 0 atom stereocenters. The topological polar surface area (TPSA) is 114 Å². The zero-order valence-corrected chi connectivity index (χ0v) is 16.0. The highest BCUT2D eigenvalue weighted by Gasteiger charge is 2.27. The van der Waals surface area contributed by atoms with Crippen molar-refractivity contribution in [1.29, 1.82) is 0 Å². The van der Waals surface area contributed by atoms with Crippen LogP contribution < -0.4 is 16.4 Å². The molecule has 0 aromatic heterocycles. The molecule has 1 aromatic rings. The zero-order valence-electron chi connectivity index (χ0n) is 15.2. The van der Waals surface area contributed by atoms with Crippen LogP contribution in [0, 0.1) is 0 Å². The van der Waals surface area contributed by atoms with Crippen LogP contribution in [-0.2, 0) is 19.6 Å². The number of nitrogens with two attached hydrogens (primary N) is 1. The van der Waals surface area contributed by atoms with Gasteiger partial charge in [0.15, 0.2) is 0 Å². The van der Waals surface area contributed by atoms with E-state index in [9.17, 15) is 13.2 Å². The predicted octanol–water partition coefficient (Wildman–Crippen LogP) is 1.21. The predicted molar refractivity (Wildman–Crippen MR) is 102 cm³/mol. The van der Waals surface area contributed by atoms with Crippen molar-refractivity contribution < 1.29 is 17.9 Å². The molecule has 0 bridgehead atoms. The van der Waals surface area contributed by atoms with Crippen LogP contribution in [0.5, 0.6) is 0 Å². The fourth-order valence-corrected chi connectivity index (χ4v) is 4.06. The molecule has 1 saturated heterocycles. The second-order valence-corrected chi connectivity index (χ2v) is 8.03. The second-order valence-electron chi connectivity index (χ2n) is 6.09. The Labute approximate surface area is 155 Å². The number of carbonyl (C=O) groups is 1. The third-order valence-electron chi connectivity index (χ3n) is 4.09. The first-order chi connectivity index (χ1) is 12.5. The molecule has 0 spiro atoms. The maximum Gasteiger partial charge on any atom is 0.243 e. The minimum absolute atomic E-state index is 0.156. The summed E-state index contributed by atoms with van der Waals surface area (Å²) in [4.78, 5) is 12.1. The number of amides is 1. The summed E-state index contributed by atoms with van der Waals surface area (Å²) >= 11 is 0. The Morgan fingerprint density at radius 3 is 2.65 bits per heavy atom. The Hall–Kier alpha value is -1.68. The molecule has 146 valence electrons. The van der Waals surface area contributed by atoms with Gasteiger partial charge in [-0.1, -0.05) is 13.3 Å². The van der Waals surface area contributed by atoms with Crippen molar-refractivity contribution in [3.63, 3.8) is 0 Å². The summed E-state index contributed by atoms with van der Waals surface area (Å²) in [5, 5.41) is 6.01. The number of ether oxygens (including phenoxy) is 1. The molecule has 0 unspecified atom stereocenters. The second kappa shape index (κ2) is 9.86. The van der Waals surface area contributed by atoms with Gasteiger partial charge in [-0.05, 0) is 24.6 Å². The molecule has 9 heteroatoms. The molecule has 4 N–H and O–H groups in total. The lowest BCUT2D eigenvalue weighted by molar-refractivity contribution is -0.116. The van der Waals surface area contributed by atoms with Crippen molar-refractivity contribution in [2.75, 3.05) is 50.0 Å². The highest BCUT2D eigenvalue weighted by Crippen LogP contribution is 2.28. The Morgan fingerprint density at radius 2 is 2.00 bits per heavy atom. The maximum atomic E-state index is 12.8. The lowest BCUT2D eigenvalue weighted by Gasteiger charge is -2.26. The van der Waals surface area contributed by atoms with Gasteiger partial charge >= 0.3 is 0 Å². The molecule has 1 amide bonds. The molecular weight excluding hydrogens is 356 g/mol. The Balaban J connectivity index is 2.28. The summed E-state index contributed by atoms with van der Waals surface area (Å²) in [6.07, 6.45) is 2.18. The number of carbonyl (C=O) groups excluding carboxylic acids is 1. The first-order valence-corrected chi connectivity index (χ1v) is 10.4. The SMILES string of the molecule is CCCCNc1ccc(S(=O)(=O)N2CCOCC2)cc1NC(=O)CCN. The number of morpholine rings is 1. The lowest BCUT2D eigenvalue weighted by atomic mass is 10.2. The first kappa shape index (κ1) is 20.6. The van der Waals surface area contributed by atoms with Crippen LogP contribution in [0.3, 0.4) is 0 Å². The van der Waals surface area contributed by atoms with E-state index in [4.69, 9.17) is 10.5 Å². The van der Waals surface area contributed by atoms with Crippen LogP contribution in [0.2, 0.25) is 0 Å². The molecular formula is C17H28N4O4S. The third kappa shape index (κ3) is 5.41. The quantitative estimate of drug-likeness (QED) is 0.552. The van der Waals surface area contributed by atoms with Gasteiger partial charge in [0.05, 0.1) is 29.5 Å². The number of hydrogen-bond acceptors (Lipinski definition) is 6. The van der Waals surface area contributed by atoms with E-state index < -0.39 is 10.0 Å². The van der Waals surface area contributed by atoms with Crippen molar-refractivity contribution in [3.05, 3.63) is 18.2 Å². The highest BCUT2D eigenvalue weighted by molar-refractivity contribution is 7.89.